The molecule has 19 heavy (non-hydrogen) atoms. The number of hydrogen-bond acceptors (Lipinski definition) is 3. The van der Waals surface area contributed by atoms with Crippen LogP contribution in [0.25, 0.3) is 0 Å². The number of carboxylic acid groups (broad SMARTS) is 1. The van der Waals surface area contributed by atoms with Crippen molar-refractivity contribution in [3.8, 4) is 5.75 Å². The Morgan fingerprint density at radius 2 is 1.68 bits per heavy atom. The van der Waals surface area contributed by atoms with Gasteiger partial charge in [-0.3, -0.25) is 4.79 Å². The number of methoxy groups -OCH3 is 1. The summed E-state index contributed by atoms with van der Waals surface area (Å²) in [4.78, 5) is 23.6. The highest BCUT2D eigenvalue weighted by Gasteiger charge is 2.22. The van der Waals surface area contributed by atoms with E-state index in [0.717, 1.165) is 0 Å². The molecule has 1 N–H and O–H groups in total. The summed E-state index contributed by atoms with van der Waals surface area (Å²) in [6.07, 6.45) is 0. The number of rotatable bonds is 4. The third-order valence-electron chi connectivity index (χ3n) is 2.74. The second-order valence-corrected chi connectivity index (χ2v) is 3.88. The van der Waals surface area contributed by atoms with Gasteiger partial charge >= 0.3 is 5.97 Å². The Kier molecular flexibility index (Phi) is 3.61. The predicted molar refractivity (Wildman–Crippen MR) is 69.8 cm³/mol. The smallest absolute Gasteiger partial charge is 0.336 e. The molecule has 0 amide bonds. The average Bonchev–Trinajstić information content (AvgIpc) is 2.46. The van der Waals surface area contributed by atoms with Crippen LogP contribution in [0.2, 0.25) is 0 Å². The average molecular weight is 256 g/mol. The maximum Gasteiger partial charge on any atom is 0.336 e. The summed E-state index contributed by atoms with van der Waals surface area (Å²) in [5, 5.41) is 9.17. The summed E-state index contributed by atoms with van der Waals surface area (Å²) in [7, 11) is 1.41. The van der Waals surface area contributed by atoms with Crippen LogP contribution in [0.5, 0.6) is 5.75 Å². The van der Waals surface area contributed by atoms with E-state index < -0.39 is 5.97 Å². The van der Waals surface area contributed by atoms with E-state index >= 15 is 0 Å². The molecule has 0 saturated heterocycles. The number of ketones is 1. The number of carbonyl (C=O) groups is 2. The van der Waals surface area contributed by atoms with Gasteiger partial charge in [-0.05, 0) is 12.1 Å². The monoisotopic (exact) mass is 256 g/mol. The molecule has 96 valence electrons. The lowest BCUT2D eigenvalue weighted by Crippen LogP contribution is -2.11. The lowest BCUT2D eigenvalue weighted by atomic mass is 9.97. The Morgan fingerprint density at radius 3 is 2.26 bits per heavy atom. The maximum absolute atomic E-state index is 12.4. The standard InChI is InChI=1S/C15H12O4/c1-19-12-9-5-8-11(15(17)18)13(12)14(16)10-6-3-2-4-7-10/h2-9H,1H3,(H,17,18). The quantitative estimate of drug-likeness (QED) is 0.854. The van der Waals surface area contributed by atoms with E-state index in [1.165, 1.54) is 13.2 Å². The van der Waals surface area contributed by atoms with Crippen LogP contribution >= 0.6 is 0 Å². The minimum atomic E-state index is -1.15. The topological polar surface area (TPSA) is 63.6 Å². The number of aromatic carboxylic acids is 1. The van der Waals surface area contributed by atoms with Crippen molar-refractivity contribution >= 4 is 11.8 Å². The van der Waals surface area contributed by atoms with Crippen molar-refractivity contribution in [2.24, 2.45) is 0 Å². The van der Waals surface area contributed by atoms with E-state index in [9.17, 15) is 14.7 Å². The number of benzene rings is 2. The minimum Gasteiger partial charge on any atom is -0.496 e. The highest BCUT2D eigenvalue weighted by Crippen LogP contribution is 2.25. The van der Waals surface area contributed by atoms with E-state index in [-0.39, 0.29) is 22.7 Å². The summed E-state index contributed by atoms with van der Waals surface area (Å²) in [6, 6.07) is 13.0. The Balaban J connectivity index is 2.61. The van der Waals surface area contributed by atoms with Gasteiger partial charge < -0.3 is 9.84 Å². The molecule has 0 atom stereocenters. The normalized spacial score (nSPS) is 9.95. The zero-order valence-corrected chi connectivity index (χ0v) is 10.3. The van der Waals surface area contributed by atoms with Gasteiger partial charge in [0.25, 0.3) is 0 Å². The molecule has 0 spiro atoms. The zero-order valence-electron chi connectivity index (χ0n) is 10.3. The first kappa shape index (κ1) is 12.8. The Bertz CT molecular complexity index is 617. The van der Waals surface area contributed by atoms with Crippen molar-refractivity contribution in [1.29, 1.82) is 0 Å². The number of hydrogen-bond donors (Lipinski definition) is 1. The third kappa shape index (κ3) is 2.47. The highest BCUT2D eigenvalue weighted by molar-refractivity contribution is 6.15. The summed E-state index contributed by atoms with van der Waals surface area (Å²) < 4.78 is 5.09. The first-order valence-electron chi connectivity index (χ1n) is 5.65. The third-order valence-corrected chi connectivity index (χ3v) is 2.74. The zero-order chi connectivity index (χ0) is 13.8. The molecule has 0 saturated carbocycles. The molecule has 0 aromatic heterocycles. The molecule has 0 aliphatic heterocycles. The summed E-state index contributed by atoms with van der Waals surface area (Å²) in [5.74, 6) is -1.26. The largest absolute Gasteiger partial charge is 0.496 e. The number of carbonyl (C=O) groups excluding carboxylic acids is 1. The molecule has 0 heterocycles. The molecule has 0 bridgehead atoms. The molecular formula is C15H12O4. The van der Waals surface area contributed by atoms with E-state index in [2.05, 4.69) is 0 Å². The molecule has 2 rings (SSSR count). The Labute approximate surface area is 110 Å². The van der Waals surface area contributed by atoms with Gasteiger partial charge in [-0.1, -0.05) is 36.4 Å². The first-order valence-corrected chi connectivity index (χ1v) is 5.65. The second kappa shape index (κ2) is 5.35. The molecule has 4 heteroatoms. The first-order chi connectivity index (χ1) is 9.15. The molecule has 0 radical (unpaired) electrons. The predicted octanol–water partition coefficient (Wildman–Crippen LogP) is 2.62. The Morgan fingerprint density at radius 1 is 1.00 bits per heavy atom. The van der Waals surface area contributed by atoms with Crippen molar-refractivity contribution in [3.05, 3.63) is 65.2 Å². The van der Waals surface area contributed by atoms with Crippen LogP contribution in [-0.4, -0.2) is 24.0 Å². The van der Waals surface area contributed by atoms with Crippen molar-refractivity contribution in [3.63, 3.8) is 0 Å². The fraction of sp³-hybridized carbons (Fsp3) is 0.0667. The summed E-state index contributed by atoms with van der Waals surface area (Å²) >= 11 is 0. The molecule has 0 aliphatic carbocycles. The second-order valence-electron chi connectivity index (χ2n) is 3.88. The minimum absolute atomic E-state index is 0.0618. The van der Waals surface area contributed by atoms with Crippen molar-refractivity contribution < 1.29 is 19.4 Å². The molecule has 4 nitrogen and oxygen atoms in total. The van der Waals surface area contributed by atoms with E-state index in [0.29, 0.717) is 5.56 Å². The number of ether oxygens (including phenoxy) is 1. The van der Waals surface area contributed by atoms with E-state index in [4.69, 9.17) is 4.74 Å². The molecule has 2 aromatic rings. The van der Waals surface area contributed by atoms with Crippen molar-refractivity contribution in [1.82, 2.24) is 0 Å². The maximum atomic E-state index is 12.4. The van der Waals surface area contributed by atoms with Crippen LogP contribution in [0.3, 0.4) is 0 Å². The lowest BCUT2D eigenvalue weighted by Gasteiger charge is -2.10. The van der Waals surface area contributed by atoms with Gasteiger partial charge in [0.1, 0.15) is 5.75 Å². The summed E-state index contributed by atoms with van der Waals surface area (Å²) in [6.45, 7) is 0. The van der Waals surface area contributed by atoms with Gasteiger partial charge in [-0.25, -0.2) is 4.79 Å². The molecule has 0 aliphatic rings. The Hall–Kier alpha value is -2.62. The van der Waals surface area contributed by atoms with Crippen molar-refractivity contribution in [2.75, 3.05) is 7.11 Å². The van der Waals surface area contributed by atoms with Crippen LogP contribution in [-0.2, 0) is 0 Å². The van der Waals surface area contributed by atoms with Crippen LogP contribution < -0.4 is 4.74 Å². The highest BCUT2D eigenvalue weighted by atomic mass is 16.5. The van der Waals surface area contributed by atoms with Crippen molar-refractivity contribution in [2.45, 2.75) is 0 Å². The van der Waals surface area contributed by atoms with Gasteiger partial charge in [0.05, 0.1) is 18.2 Å². The van der Waals surface area contributed by atoms with Gasteiger partial charge in [-0.2, -0.15) is 0 Å². The fourth-order valence-electron chi connectivity index (χ4n) is 1.85. The lowest BCUT2D eigenvalue weighted by molar-refractivity contribution is 0.0692. The van der Waals surface area contributed by atoms with Crippen LogP contribution in [0.4, 0.5) is 0 Å². The molecule has 2 aromatic carbocycles. The van der Waals surface area contributed by atoms with Gasteiger partial charge in [-0.15, -0.1) is 0 Å². The molecular weight excluding hydrogens is 244 g/mol. The van der Waals surface area contributed by atoms with Crippen LogP contribution in [0, 0.1) is 0 Å². The van der Waals surface area contributed by atoms with Crippen LogP contribution in [0.15, 0.2) is 48.5 Å². The SMILES string of the molecule is COc1cccc(C(=O)O)c1C(=O)c1ccccc1. The molecule has 0 fully saturated rings. The molecule has 0 unspecified atom stereocenters. The number of carboxylic acids is 1. The summed E-state index contributed by atoms with van der Waals surface area (Å²) in [5.41, 5.74) is 0.436. The fourth-order valence-corrected chi connectivity index (χ4v) is 1.85. The van der Waals surface area contributed by atoms with Gasteiger partial charge in [0.15, 0.2) is 5.78 Å². The van der Waals surface area contributed by atoms with Gasteiger partial charge in [0.2, 0.25) is 0 Å². The van der Waals surface area contributed by atoms with Gasteiger partial charge in [0, 0.05) is 5.56 Å². The van der Waals surface area contributed by atoms with E-state index in [1.807, 2.05) is 0 Å². The van der Waals surface area contributed by atoms with E-state index in [1.54, 1.807) is 42.5 Å². The van der Waals surface area contributed by atoms with Crippen LogP contribution in [0.1, 0.15) is 26.3 Å².